The van der Waals surface area contributed by atoms with Crippen molar-refractivity contribution in [2.75, 3.05) is 31.0 Å². The number of hydrogen-bond acceptors (Lipinski definition) is 7. The van der Waals surface area contributed by atoms with Crippen LogP contribution >= 0.6 is 0 Å². The van der Waals surface area contributed by atoms with Crippen molar-refractivity contribution < 1.29 is 24.2 Å². The fourth-order valence-electron chi connectivity index (χ4n) is 4.44. The van der Waals surface area contributed by atoms with Crippen LogP contribution in [0, 0.1) is 5.92 Å². The molecule has 0 spiro atoms. The van der Waals surface area contributed by atoms with Gasteiger partial charge in [-0.1, -0.05) is 30.3 Å². The number of nitrogens with one attached hydrogen (secondary N) is 2. The Bertz CT molecular complexity index is 1240. The number of carbonyl (C=O) groups is 2. The average molecular weight is 509 g/mol. The highest BCUT2D eigenvalue weighted by Gasteiger charge is 2.30. The minimum atomic E-state index is -0.963. The third kappa shape index (κ3) is 6.11. The summed E-state index contributed by atoms with van der Waals surface area (Å²) < 4.78 is 12.4. The number of anilines is 2. The smallest absolute Gasteiger partial charge is 0.356 e. The number of aryl methyl sites for hydroxylation is 2. The second-order valence-corrected chi connectivity index (χ2v) is 10.1. The first-order chi connectivity index (χ1) is 17.7. The lowest BCUT2D eigenvalue weighted by atomic mass is 10.0. The number of rotatable bonds is 10. The topological polar surface area (TPSA) is 115 Å². The normalized spacial score (nSPS) is 16.5. The van der Waals surface area contributed by atoms with Gasteiger partial charge in [0.1, 0.15) is 5.65 Å². The van der Waals surface area contributed by atoms with Gasteiger partial charge in [0.2, 0.25) is 5.91 Å². The van der Waals surface area contributed by atoms with Gasteiger partial charge >= 0.3 is 5.97 Å². The van der Waals surface area contributed by atoms with Crippen LogP contribution in [0.5, 0.6) is 0 Å². The zero-order chi connectivity index (χ0) is 26.6. The Kier molecular flexibility index (Phi) is 8.14. The zero-order valence-corrected chi connectivity index (χ0v) is 21.9. The number of benzene rings is 1. The van der Waals surface area contributed by atoms with Crippen LogP contribution in [0.1, 0.15) is 49.7 Å². The number of aromatic nitrogens is 2. The van der Waals surface area contributed by atoms with Gasteiger partial charge in [0, 0.05) is 18.5 Å². The number of esters is 1. The molecule has 3 N–H and O–H groups in total. The van der Waals surface area contributed by atoms with Gasteiger partial charge in [-0.3, -0.25) is 4.79 Å². The number of ether oxygens (including phenoxy) is 2. The summed E-state index contributed by atoms with van der Waals surface area (Å²) in [5.74, 6) is -1.03. The molecular formula is C28H36N4O5. The van der Waals surface area contributed by atoms with E-state index < -0.39 is 11.6 Å². The molecule has 1 saturated heterocycles. The molecule has 0 aliphatic carbocycles. The molecule has 4 rings (SSSR count). The van der Waals surface area contributed by atoms with Gasteiger partial charge in [-0.25, -0.2) is 9.78 Å². The van der Waals surface area contributed by atoms with E-state index in [9.17, 15) is 14.7 Å². The second-order valence-electron chi connectivity index (χ2n) is 10.1. The van der Waals surface area contributed by atoms with Gasteiger partial charge in [0.25, 0.3) is 0 Å². The van der Waals surface area contributed by atoms with Gasteiger partial charge in [0.15, 0.2) is 5.69 Å². The largest absolute Gasteiger partial charge is 0.464 e. The molecule has 3 heterocycles. The number of pyridine rings is 1. The van der Waals surface area contributed by atoms with Crippen molar-refractivity contribution in [1.82, 2.24) is 9.55 Å². The highest BCUT2D eigenvalue weighted by Crippen LogP contribution is 2.34. The van der Waals surface area contributed by atoms with Crippen molar-refractivity contribution in [2.24, 2.45) is 5.92 Å². The van der Waals surface area contributed by atoms with Gasteiger partial charge in [-0.2, -0.15) is 0 Å². The van der Waals surface area contributed by atoms with Crippen LogP contribution in [0.3, 0.4) is 0 Å². The van der Waals surface area contributed by atoms with Gasteiger partial charge < -0.3 is 29.8 Å². The number of methoxy groups -OCH3 is 1. The summed E-state index contributed by atoms with van der Waals surface area (Å²) >= 11 is 0. The number of amides is 1. The second kappa shape index (κ2) is 11.3. The Labute approximate surface area is 217 Å². The number of aliphatic hydroxyl groups is 1. The van der Waals surface area contributed by atoms with Crippen LogP contribution in [0.4, 0.5) is 11.4 Å². The maximum absolute atomic E-state index is 13.1. The van der Waals surface area contributed by atoms with Crippen molar-refractivity contribution in [2.45, 2.75) is 58.2 Å². The number of fused-ring (bicyclic) bond motifs is 1. The summed E-state index contributed by atoms with van der Waals surface area (Å²) in [5.41, 5.74) is 2.12. The van der Waals surface area contributed by atoms with Crippen LogP contribution in [0.2, 0.25) is 0 Å². The first-order valence-electron chi connectivity index (χ1n) is 12.7. The predicted octanol–water partition coefficient (Wildman–Crippen LogP) is 4.00. The molecule has 0 bridgehead atoms. The molecule has 9 heteroatoms. The van der Waals surface area contributed by atoms with E-state index in [1.165, 1.54) is 12.7 Å². The minimum Gasteiger partial charge on any atom is -0.464 e. The molecule has 2 aromatic heterocycles. The van der Waals surface area contributed by atoms with E-state index >= 15 is 0 Å². The van der Waals surface area contributed by atoms with E-state index in [1.807, 2.05) is 35.8 Å². The van der Waals surface area contributed by atoms with Crippen LogP contribution < -0.4 is 10.6 Å². The molecule has 1 aromatic carbocycles. The van der Waals surface area contributed by atoms with Crippen LogP contribution in [0.15, 0.2) is 42.6 Å². The molecule has 1 amide bonds. The molecular weight excluding hydrogens is 472 g/mol. The Hall–Kier alpha value is -3.43. The molecule has 9 nitrogen and oxygen atoms in total. The third-order valence-corrected chi connectivity index (χ3v) is 6.96. The van der Waals surface area contributed by atoms with E-state index in [0.717, 1.165) is 12.8 Å². The van der Waals surface area contributed by atoms with E-state index in [2.05, 4.69) is 27.8 Å². The molecule has 0 unspecified atom stereocenters. The fourth-order valence-corrected chi connectivity index (χ4v) is 4.44. The predicted molar refractivity (Wildman–Crippen MR) is 143 cm³/mol. The van der Waals surface area contributed by atoms with Crippen molar-refractivity contribution in [3.8, 4) is 0 Å². The van der Waals surface area contributed by atoms with E-state index in [4.69, 9.17) is 9.47 Å². The van der Waals surface area contributed by atoms with Crippen LogP contribution in [-0.4, -0.2) is 58.5 Å². The van der Waals surface area contributed by atoms with Crippen LogP contribution in [0.25, 0.3) is 11.0 Å². The summed E-state index contributed by atoms with van der Waals surface area (Å²) in [6, 6.07) is 11.7. The van der Waals surface area contributed by atoms with Crippen molar-refractivity contribution in [3.05, 3.63) is 53.9 Å². The minimum absolute atomic E-state index is 0.200. The first-order valence-corrected chi connectivity index (χ1v) is 12.7. The summed E-state index contributed by atoms with van der Waals surface area (Å²) in [5, 5.41) is 17.3. The molecule has 1 aliphatic heterocycles. The standard InChI is InChI=1S/C28H36N4O5/c1-18(28(2,3)35)30-21-15-22-23(31-26(33)20-12-14-37-17-20)24(27(34)36-4)32(25(22)29-16-21)13-8-11-19-9-6-5-7-10-19/h5-7,9-10,15-16,18,20,30,35H,8,11-14,17H2,1-4H3,(H,31,33)/t18-,20-/m1/s1. The zero-order valence-electron chi connectivity index (χ0n) is 21.9. The highest BCUT2D eigenvalue weighted by atomic mass is 16.5. The molecule has 2 atom stereocenters. The quantitative estimate of drug-likeness (QED) is 0.355. The molecule has 198 valence electrons. The fraction of sp³-hybridized carbons (Fsp3) is 0.464. The number of nitrogens with zero attached hydrogens (tertiary/aromatic N) is 2. The molecule has 37 heavy (non-hydrogen) atoms. The Balaban J connectivity index is 1.75. The van der Waals surface area contributed by atoms with Crippen molar-refractivity contribution >= 4 is 34.3 Å². The number of carbonyl (C=O) groups excluding carboxylic acids is 2. The maximum atomic E-state index is 13.1. The summed E-state index contributed by atoms with van der Waals surface area (Å²) in [4.78, 5) is 30.8. The highest BCUT2D eigenvalue weighted by molar-refractivity contribution is 6.11. The average Bonchev–Trinajstić information content (AvgIpc) is 3.51. The SMILES string of the molecule is COC(=O)c1c(NC(=O)[C@@H]2CCOC2)c2cc(N[C@H](C)C(C)(C)O)cnc2n1CCCc1ccccc1. The van der Waals surface area contributed by atoms with E-state index in [1.54, 1.807) is 20.0 Å². The number of hydrogen-bond donors (Lipinski definition) is 3. The first kappa shape index (κ1) is 26.6. The van der Waals surface area contributed by atoms with Gasteiger partial charge in [0.05, 0.1) is 48.8 Å². The Morgan fingerprint density at radius 3 is 2.70 bits per heavy atom. The van der Waals surface area contributed by atoms with Gasteiger partial charge in [-0.15, -0.1) is 0 Å². The Morgan fingerprint density at radius 2 is 2.05 bits per heavy atom. The molecule has 1 aliphatic rings. The lowest BCUT2D eigenvalue weighted by Gasteiger charge is -2.27. The summed E-state index contributed by atoms with van der Waals surface area (Å²) in [6.07, 6.45) is 3.89. The van der Waals surface area contributed by atoms with E-state index in [-0.39, 0.29) is 23.6 Å². The third-order valence-electron chi connectivity index (χ3n) is 6.96. The summed E-state index contributed by atoms with van der Waals surface area (Å²) in [7, 11) is 1.33. The lowest BCUT2D eigenvalue weighted by molar-refractivity contribution is -0.119. The molecule has 1 fully saturated rings. The molecule has 3 aromatic rings. The maximum Gasteiger partial charge on any atom is 0.356 e. The molecule has 0 saturated carbocycles. The lowest BCUT2D eigenvalue weighted by Crippen LogP contribution is -2.39. The Morgan fingerprint density at radius 1 is 1.30 bits per heavy atom. The molecule has 0 radical (unpaired) electrons. The monoisotopic (exact) mass is 508 g/mol. The summed E-state index contributed by atoms with van der Waals surface area (Å²) in [6.45, 7) is 6.73. The van der Waals surface area contributed by atoms with Crippen molar-refractivity contribution in [1.29, 1.82) is 0 Å². The van der Waals surface area contributed by atoms with Crippen LogP contribution in [-0.2, 0) is 27.2 Å². The van der Waals surface area contributed by atoms with E-state index in [0.29, 0.717) is 48.6 Å². The van der Waals surface area contributed by atoms with Crippen molar-refractivity contribution in [3.63, 3.8) is 0 Å². The van der Waals surface area contributed by atoms with Gasteiger partial charge in [-0.05, 0) is 51.7 Å².